The molecule has 0 amide bonds. The molecule has 3 heteroatoms. The van der Waals surface area contributed by atoms with Crippen LogP contribution in [0.15, 0.2) is 30.3 Å². The Balaban J connectivity index is 1.56. The van der Waals surface area contributed by atoms with Crippen molar-refractivity contribution in [1.82, 2.24) is 4.90 Å². The summed E-state index contributed by atoms with van der Waals surface area (Å²) in [7, 11) is 0. The molecule has 1 unspecified atom stereocenters. The van der Waals surface area contributed by atoms with Crippen LogP contribution in [0.1, 0.15) is 18.9 Å². The molecular formula is C13H17NO2. The van der Waals surface area contributed by atoms with Gasteiger partial charge in [-0.1, -0.05) is 30.3 Å². The number of likely N-dealkylation sites (tertiary alicyclic amines) is 1. The summed E-state index contributed by atoms with van der Waals surface area (Å²) in [5.41, 5.74) is 1.36. The fraction of sp³-hybridized carbons (Fsp3) is 0.538. The van der Waals surface area contributed by atoms with Crippen LogP contribution in [0.4, 0.5) is 0 Å². The lowest BCUT2D eigenvalue weighted by molar-refractivity contribution is -0.399. The average molecular weight is 219 g/mol. The van der Waals surface area contributed by atoms with Crippen molar-refractivity contribution < 1.29 is 9.47 Å². The number of hydrogen-bond acceptors (Lipinski definition) is 3. The average Bonchev–Trinajstić information content (AvgIpc) is 2.24. The Morgan fingerprint density at radius 2 is 2.00 bits per heavy atom. The van der Waals surface area contributed by atoms with Crippen molar-refractivity contribution >= 4 is 0 Å². The summed E-state index contributed by atoms with van der Waals surface area (Å²) in [5.74, 6) is 0. The first-order chi connectivity index (χ1) is 7.83. The summed E-state index contributed by atoms with van der Waals surface area (Å²) in [6.45, 7) is 4.09. The molecule has 1 aromatic carbocycles. The van der Waals surface area contributed by atoms with E-state index in [0.29, 0.717) is 6.04 Å². The van der Waals surface area contributed by atoms with Crippen LogP contribution in [0.2, 0.25) is 0 Å². The molecule has 1 aromatic rings. The Morgan fingerprint density at radius 1 is 1.25 bits per heavy atom. The van der Waals surface area contributed by atoms with Crippen molar-refractivity contribution in [3.63, 3.8) is 0 Å². The zero-order valence-electron chi connectivity index (χ0n) is 9.50. The topological polar surface area (TPSA) is 21.7 Å². The van der Waals surface area contributed by atoms with E-state index in [1.165, 1.54) is 12.0 Å². The third-order valence-electron chi connectivity index (χ3n) is 3.38. The molecule has 0 radical (unpaired) electrons. The minimum absolute atomic E-state index is 0.00691. The van der Waals surface area contributed by atoms with E-state index in [1.807, 2.05) is 6.92 Å². The van der Waals surface area contributed by atoms with Crippen molar-refractivity contribution in [1.29, 1.82) is 0 Å². The van der Waals surface area contributed by atoms with E-state index in [9.17, 15) is 0 Å². The normalized spacial score (nSPS) is 34.2. The third-order valence-corrected chi connectivity index (χ3v) is 3.38. The third kappa shape index (κ3) is 1.86. The van der Waals surface area contributed by atoms with Gasteiger partial charge in [0, 0.05) is 13.1 Å². The highest BCUT2D eigenvalue weighted by molar-refractivity contribution is 5.15. The molecule has 3 rings (SSSR count). The number of nitrogens with zero attached hydrogens (tertiary/aromatic N) is 1. The highest BCUT2D eigenvalue weighted by Crippen LogP contribution is 2.31. The second-order valence-corrected chi connectivity index (χ2v) is 4.52. The quantitative estimate of drug-likeness (QED) is 0.776. The lowest BCUT2D eigenvalue weighted by Gasteiger charge is -2.49. The smallest absolute Gasteiger partial charge is 0.179 e. The van der Waals surface area contributed by atoms with Gasteiger partial charge >= 0.3 is 0 Å². The predicted molar refractivity (Wildman–Crippen MR) is 60.7 cm³/mol. The molecule has 2 aliphatic heterocycles. The fourth-order valence-corrected chi connectivity index (χ4v) is 2.35. The van der Waals surface area contributed by atoms with Gasteiger partial charge in [0.05, 0.1) is 6.04 Å². The molecule has 0 bridgehead atoms. The van der Waals surface area contributed by atoms with E-state index in [1.54, 1.807) is 0 Å². The van der Waals surface area contributed by atoms with Gasteiger partial charge in [0.2, 0.25) is 0 Å². The molecule has 0 N–H and O–H groups in total. The Morgan fingerprint density at radius 3 is 2.56 bits per heavy atom. The number of hydrogen-bond donors (Lipinski definition) is 0. The molecule has 0 spiro atoms. The maximum atomic E-state index is 5.55. The largest absolute Gasteiger partial charge is 0.322 e. The van der Waals surface area contributed by atoms with E-state index in [-0.39, 0.29) is 12.6 Å². The van der Waals surface area contributed by atoms with Crippen LogP contribution in [0, 0.1) is 0 Å². The summed E-state index contributed by atoms with van der Waals surface area (Å²) >= 11 is 0. The first-order valence-corrected chi connectivity index (χ1v) is 5.92. The lowest BCUT2D eigenvalue weighted by atomic mass is 10.0. The van der Waals surface area contributed by atoms with E-state index in [2.05, 4.69) is 35.2 Å². The molecule has 0 saturated carbocycles. The first-order valence-electron chi connectivity index (χ1n) is 5.92. The van der Waals surface area contributed by atoms with Gasteiger partial charge in [-0.05, 0) is 18.9 Å². The number of ether oxygens (including phenoxy) is 2. The van der Waals surface area contributed by atoms with Gasteiger partial charge in [-0.15, -0.1) is 0 Å². The zero-order valence-corrected chi connectivity index (χ0v) is 9.50. The predicted octanol–water partition coefficient (Wildman–Crippen LogP) is 1.98. The maximum absolute atomic E-state index is 5.55. The maximum Gasteiger partial charge on any atom is 0.179 e. The van der Waals surface area contributed by atoms with Gasteiger partial charge < -0.3 is 9.47 Å². The van der Waals surface area contributed by atoms with E-state index < -0.39 is 0 Å². The van der Waals surface area contributed by atoms with Crippen molar-refractivity contribution in [2.45, 2.75) is 38.5 Å². The Bertz CT molecular complexity index is 348. The van der Waals surface area contributed by atoms with Gasteiger partial charge in [-0.2, -0.15) is 0 Å². The fourth-order valence-electron chi connectivity index (χ4n) is 2.35. The van der Waals surface area contributed by atoms with Crippen LogP contribution >= 0.6 is 0 Å². The number of benzene rings is 1. The lowest BCUT2D eigenvalue weighted by Crippen LogP contribution is -2.60. The molecule has 0 aromatic heterocycles. The molecule has 1 atom stereocenters. The van der Waals surface area contributed by atoms with Crippen LogP contribution in [0.5, 0.6) is 0 Å². The van der Waals surface area contributed by atoms with Gasteiger partial charge in [-0.3, -0.25) is 4.90 Å². The molecule has 86 valence electrons. The Labute approximate surface area is 96.0 Å². The van der Waals surface area contributed by atoms with E-state index in [0.717, 1.165) is 13.1 Å². The molecule has 2 heterocycles. The second-order valence-electron chi connectivity index (χ2n) is 4.52. The molecular weight excluding hydrogens is 202 g/mol. The summed E-state index contributed by atoms with van der Waals surface area (Å²) in [6, 6.07) is 11.0. The van der Waals surface area contributed by atoms with Gasteiger partial charge in [0.1, 0.15) is 0 Å². The Hall–Kier alpha value is -0.900. The van der Waals surface area contributed by atoms with Crippen molar-refractivity contribution in [3.8, 4) is 0 Å². The zero-order chi connectivity index (χ0) is 11.0. The molecule has 2 saturated heterocycles. The summed E-state index contributed by atoms with van der Waals surface area (Å²) in [4.78, 5) is 2.42. The summed E-state index contributed by atoms with van der Waals surface area (Å²) in [5, 5.41) is 0. The van der Waals surface area contributed by atoms with Crippen LogP contribution in [-0.4, -0.2) is 30.1 Å². The molecule has 2 fully saturated rings. The van der Waals surface area contributed by atoms with Crippen molar-refractivity contribution in [2.75, 3.05) is 6.54 Å². The molecule has 16 heavy (non-hydrogen) atoms. The standard InChI is InChI=1S/C13H17NO2/c1-10-15-13(16-10)12-7-8-14(12)9-11-5-3-2-4-6-11/h2-6,10,12-13H,7-9H2,1H3. The highest BCUT2D eigenvalue weighted by Gasteiger charge is 2.42. The molecule has 0 aliphatic carbocycles. The van der Waals surface area contributed by atoms with Crippen molar-refractivity contribution in [3.05, 3.63) is 35.9 Å². The molecule has 2 aliphatic rings. The second kappa shape index (κ2) is 4.17. The minimum Gasteiger partial charge on any atom is -0.322 e. The highest BCUT2D eigenvalue weighted by atomic mass is 16.9. The van der Waals surface area contributed by atoms with E-state index in [4.69, 9.17) is 9.47 Å². The first kappa shape index (κ1) is 10.3. The summed E-state index contributed by atoms with van der Waals surface area (Å²) in [6.07, 6.45) is 1.18. The molecule has 3 nitrogen and oxygen atoms in total. The van der Waals surface area contributed by atoms with E-state index >= 15 is 0 Å². The van der Waals surface area contributed by atoms with Gasteiger partial charge in [0.25, 0.3) is 0 Å². The monoisotopic (exact) mass is 219 g/mol. The van der Waals surface area contributed by atoms with Crippen molar-refractivity contribution in [2.24, 2.45) is 0 Å². The van der Waals surface area contributed by atoms with Crippen LogP contribution in [0.3, 0.4) is 0 Å². The van der Waals surface area contributed by atoms with Gasteiger partial charge in [-0.25, -0.2) is 0 Å². The number of rotatable bonds is 3. The van der Waals surface area contributed by atoms with Crippen LogP contribution in [-0.2, 0) is 16.0 Å². The minimum atomic E-state index is -0.0100. The van der Waals surface area contributed by atoms with Crippen LogP contribution < -0.4 is 0 Å². The van der Waals surface area contributed by atoms with Crippen LogP contribution in [0.25, 0.3) is 0 Å². The van der Waals surface area contributed by atoms with Gasteiger partial charge in [0.15, 0.2) is 12.6 Å². The Kier molecular flexibility index (Phi) is 2.67. The SMILES string of the molecule is CC1OC(C2CCN2Cc2ccccc2)O1. The summed E-state index contributed by atoms with van der Waals surface area (Å²) < 4.78 is 11.1.